The van der Waals surface area contributed by atoms with E-state index in [1.807, 2.05) is 0 Å². The minimum atomic E-state index is -0.492. The van der Waals surface area contributed by atoms with E-state index in [9.17, 15) is 9.59 Å². The lowest BCUT2D eigenvalue weighted by atomic mass is 9.83. The quantitative estimate of drug-likeness (QED) is 0.418. The molecule has 0 N–H and O–H groups in total. The van der Waals surface area contributed by atoms with Gasteiger partial charge in [-0.3, -0.25) is 4.79 Å². The van der Waals surface area contributed by atoms with Gasteiger partial charge >= 0.3 is 12.1 Å². The van der Waals surface area contributed by atoms with Gasteiger partial charge in [0.15, 0.2) is 0 Å². The standard InChI is InChI=1S/C9H13NO3/c1-10-7-5-3-2-4-6(7)8(11)13-9(10)12/h6-7H,2-5H2,1H3. The van der Waals surface area contributed by atoms with Crippen molar-refractivity contribution in [2.75, 3.05) is 7.05 Å². The van der Waals surface area contributed by atoms with Crippen LogP contribution in [0.1, 0.15) is 25.7 Å². The van der Waals surface area contributed by atoms with Crippen molar-refractivity contribution < 1.29 is 14.3 Å². The fraction of sp³-hybridized carbons (Fsp3) is 0.778. The second kappa shape index (κ2) is 3.01. The Kier molecular flexibility index (Phi) is 1.98. The first kappa shape index (κ1) is 8.53. The number of amides is 1. The van der Waals surface area contributed by atoms with Crippen LogP contribution in [0.5, 0.6) is 0 Å². The minimum Gasteiger partial charge on any atom is -0.376 e. The van der Waals surface area contributed by atoms with Crippen LogP contribution in [-0.4, -0.2) is 30.1 Å². The highest BCUT2D eigenvalue weighted by Gasteiger charge is 2.42. The summed E-state index contributed by atoms with van der Waals surface area (Å²) in [6, 6.07) is 0.0856. The largest absolute Gasteiger partial charge is 0.417 e. The highest BCUT2D eigenvalue weighted by molar-refractivity contribution is 5.89. The summed E-state index contributed by atoms with van der Waals surface area (Å²) in [6.45, 7) is 0. The molecule has 4 heteroatoms. The van der Waals surface area contributed by atoms with Crippen LogP contribution < -0.4 is 0 Å². The Hall–Kier alpha value is -1.06. The maximum atomic E-state index is 11.3. The molecule has 4 nitrogen and oxygen atoms in total. The molecule has 2 rings (SSSR count). The Balaban J connectivity index is 2.19. The molecule has 0 aromatic rings. The summed E-state index contributed by atoms with van der Waals surface area (Å²) in [5.41, 5.74) is 0. The second-order valence-electron chi connectivity index (χ2n) is 3.76. The van der Waals surface area contributed by atoms with Gasteiger partial charge in [0.05, 0.1) is 5.92 Å². The predicted molar refractivity (Wildman–Crippen MR) is 45.0 cm³/mol. The second-order valence-corrected chi connectivity index (χ2v) is 3.76. The van der Waals surface area contributed by atoms with Crippen LogP contribution in [0, 0.1) is 5.92 Å². The molecule has 1 saturated heterocycles. The first-order valence-corrected chi connectivity index (χ1v) is 4.68. The average molecular weight is 183 g/mol. The fourth-order valence-corrected chi connectivity index (χ4v) is 2.22. The van der Waals surface area contributed by atoms with Crippen LogP contribution in [-0.2, 0) is 9.53 Å². The molecule has 0 aromatic heterocycles. The molecule has 0 spiro atoms. The van der Waals surface area contributed by atoms with E-state index in [-0.39, 0.29) is 17.9 Å². The van der Waals surface area contributed by atoms with Crippen LogP contribution in [0.2, 0.25) is 0 Å². The number of cyclic esters (lactones) is 2. The van der Waals surface area contributed by atoms with Gasteiger partial charge < -0.3 is 9.64 Å². The van der Waals surface area contributed by atoms with Gasteiger partial charge in [-0.2, -0.15) is 0 Å². The van der Waals surface area contributed by atoms with E-state index in [1.54, 1.807) is 11.9 Å². The van der Waals surface area contributed by atoms with Crippen molar-refractivity contribution in [2.45, 2.75) is 31.7 Å². The van der Waals surface area contributed by atoms with E-state index in [2.05, 4.69) is 4.74 Å². The zero-order chi connectivity index (χ0) is 9.42. The molecule has 1 heterocycles. The van der Waals surface area contributed by atoms with Crippen LogP contribution in [0.25, 0.3) is 0 Å². The topological polar surface area (TPSA) is 46.6 Å². The van der Waals surface area contributed by atoms with Gasteiger partial charge in [0, 0.05) is 13.1 Å². The Morgan fingerprint density at radius 2 is 2.00 bits per heavy atom. The van der Waals surface area contributed by atoms with E-state index in [1.165, 1.54) is 0 Å². The van der Waals surface area contributed by atoms with Crippen molar-refractivity contribution >= 4 is 12.1 Å². The third-order valence-electron chi connectivity index (χ3n) is 3.01. The van der Waals surface area contributed by atoms with Crippen molar-refractivity contribution in [1.29, 1.82) is 0 Å². The molecule has 13 heavy (non-hydrogen) atoms. The zero-order valence-electron chi connectivity index (χ0n) is 7.66. The average Bonchev–Trinajstić information content (AvgIpc) is 2.15. The normalized spacial score (nSPS) is 34.1. The van der Waals surface area contributed by atoms with E-state index in [0.717, 1.165) is 25.7 Å². The van der Waals surface area contributed by atoms with Crippen molar-refractivity contribution in [1.82, 2.24) is 4.90 Å². The summed E-state index contributed by atoms with van der Waals surface area (Å²) in [6.07, 6.45) is 3.47. The van der Waals surface area contributed by atoms with Gasteiger partial charge in [-0.1, -0.05) is 12.8 Å². The molecule has 72 valence electrons. The fourth-order valence-electron chi connectivity index (χ4n) is 2.22. The third kappa shape index (κ3) is 1.30. The maximum Gasteiger partial charge on any atom is 0.417 e. The number of esters is 1. The molecule has 0 aromatic carbocycles. The number of nitrogens with zero attached hydrogens (tertiary/aromatic N) is 1. The summed E-state index contributed by atoms with van der Waals surface area (Å²) in [4.78, 5) is 24.0. The first-order chi connectivity index (χ1) is 6.20. The number of fused-ring (bicyclic) bond motifs is 1. The van der Waals surface area contributed by atoms with E-state index < -0.39 is 6.09 Å². The van der Waals surface area contributed by atoms with Gasteiger partial charge in [0.2, 0.25) is 0 Å². The van der Waals surface area contributed by atoms with Gasteiger partial charge in [-0.15, -0.1) is 0 Å². The molecule has 1 saturated carbocycles. The van der Waals surface area contributed by atoms with Crippen LogP contribution in [0.15, 0.2) is 0 Å². The van der Waals surface area contributed by atoms with Crippen LogP contribution >= 0.6 is 0 Å². The Labute approximate surface area is 76.8 Å². The summed E-state index contributed by atoms with van der Waals surface area (Å²) in [5.74, 6) is -0.399. The number of hydrogen-bond acceptors (Lipinski definition) is 3. The molecular weight excluding hydrogens is 170 g/mol. The third-order valence-corrected chi connectivity index (χ3v) is 3.01. The smallest absolute Gasteiger partial charge is 0.376 e. The molecule has 2 aliphatic rings. The number of carbonyl (C=O) groups is 2. The highest BCUT2D eigenvalue weighted by Crippen LogP contribution is 2.32. The predicted octanol–water partition coefficient (Wildman–Crippen LogP) is 1.15. The maximum absolute atomic E-state index is 11.3. The molecule has 0 bridgehead atoms. The Bertz CT molecular complexity index is 251. The minimum absolute atomic E-state index is 0.0727. The molecule has 2 fully saturated rings. The van der Waals surface area contributed by atoms with Gasteiger partial charge in [-0.25, -0.2) is 4.79 Å². The van der Waals surface area contributed by atoms with Gasteiger partial charge in [0.1, 0.15) is 0 Å². The number of ether oxygens (including phenoxy) is 1. The number of rotatable bonds is 0. The van der Waals surface area contributed by atoms with E-state index in [4.69, 9.17) is 0 Å². The van der Waals surface area contributed by atoms with Crippen LogP contribution in [0.4, 0.5) is 4.79 Å². The first-order valence-electron chi connectivity index (χ1n) is 4.68. The summed E-state index contributed by atoms with van der Waals surface area (Å²) >= 11 is 0. The lowest BCUT2D eigenvalue weighted by Gasteiger charge is -2.39. The monoisotopic (exact) mass is 183 g/mol. The van der Waals surface area contributed by atoms with Gasteiger partial charge in [-0.05, 0) is 12.8 Å². The zero-order valence-corrected chi connectivity index (χ0v) is 7.66. The molecule has 1 aliphatic heterocycles. The van der Waals surface area contributed by atoms with Crippen molar-refractivity contribution in [3.63, 3.8) is 0 Å². The Morgan fingerprint density at radius 3 is 2.77 bits per heavy atom. The van der Waals surface area contributed by atoms with Gasteiger partial charge in [0.25, 0.3) is 0 Å². The Morgan fingerprint density at radius 1 is 1.31 bits per heavy atom. The van der Waals surface area contributed by atoms with E-state index >= 15 is 0 Å². The van der Waals surface area contributed by atoms with Crippen LogP contribution in [0.3, 0.4) is 0 Å². The summed E-state index contributed by atoms with van der Waals surface area (Å²) in [5, 5.41) is 0. The SMILES string of the molecule is CN1C(=O)OC(=O)C2CCCCC21. The molecule has 2 atom stereocenters. The summed E-state index contributed by atoms with van der Waals surface area (Å²) < 4.78 is 4.62. The molecule has 1 amide bonds. The molecule has 1 aliphatic carbocycles. The van der Waals surface area contributed by atoms with Crippen molar-refractivity contribution in [2.24, 2.45) is 5.92 Å². The van der Waals surface area contributed by atoms with E-state index in [0.29, 0.717) is 0 Å². The highest BCUT2D eigenvalue weighted by atomic mass is 16.6. The lowest BCUT2D eigenvalue weighted by Crippen LogP contribution is -2.52. The number of hydrogen-bond donors (Lipinski definition) is 0. The number of carbonyl (C=O) groups excluding carboxylic acids is 2. The molecular formula is C9H13NO3. The van der Waals surface area contributed by atoms with Crippen molar-refractivity contribution in [3.05, 3.63) is 0 Å². The molecule has 0 radical (unpaired) electrons. The lowest BCUT2D eigenvalue weighted by molar-refractivity contribution is -0.151. The van der Waals surface area contributed by atoms with Crippen molar-refractivity contribution in [3.8, 4) is 0 Å². The summed E-state index contributed by atoms with van der Waals surface area (Å²) in [7, 11) is 1.71. The molecule has 2 unspecified atom stereocenters.